The zero-order valence-corrected chi connectivity index (χ0v) is 20.2. The standard InChI is InChI=1S/C27H31FN4O4/c28-19-8-6-18(7-9-19)22-17-30-24(31-22)21(4-2-1-3-5-23(33)26-29-12-15-36-26)32-25(34)20-16-27(20)10-13-35-14-11-27/h6-9,12,15,17,20-21H,1-5,10-11,13-14,16H2,(H,30,31)(H,32,34)/t20-,21+/m1/s1. The third kappa shape index (κ3) is 5.56. The second kappa shape index (κ2) is 10.7. The van der Waals surface area contributed by atoms with Crippen LogP contribution in [0.2, 0.25) is 0 Å². The number of aromatic amines is 1. The van der Waals surface area contributed by atoms with Gasteiger partial charge in [-0.15, -0.1) is 0 Å². The van der Waals surface area contributed by atoms with Gasteiger partial charge in [0.05, 0.1) is 24.1 Å². The van der Waals surface area contributed by atoms with Gasteiger partial charge in [-0.25, -0.2) is 14.4 Å². The molecule has 2 aliphatic rings. The van der Waals surface area contributed by atoms with Crippen molar-refractivity contribution in [1.29, 1.82) is 0 Å². The van der Waals surface area contributed by atoms with Crippen LogP contribution in [0, 0.1) is 17.2 Å². The number of hydrogen-bond acceptors (Lipinski definition) is 6. The summed E-state index contributed by atoms with van der Waals surface area (Å²) in [7, 11) is 0. The predicted molar refractivity (Wildman–Crippen MR) is 129 cm³/mol. The highest BCUT2D eigenvalue weighted by Gasteiger charge is 2.58. The Hall–Kier alpha value is -3.33. The first kappa shape index (κ1) is 24.4. The number of unbranched alkanes of at least 4 members (excludes halogenated alkanes) is 2. The van der Waals surface area contributed by atoms with Crippen LogP contribution in [0.25, 0.3) is 11.3 Å². The Morgan fingerprint density at radius 2 is 1.94 bits per heavy atom. The van der Waals surface area contributed by atoms with Gasteiger partial charge in [0.1, 0.15) is 17.9 Å². The van der Waals surface area contributed by atoms with Crippen LogP contribution < -0.4 is 5.32 Å². The van der Waals surface area contributed by atoms with Gasteiger partial charge in [0.2, 0.25) is 11.7 Å². The summed E-state index contributed by atoms with van der Waals surface area (Å²) in [5, 5.41) is 3.24. The van der Waals surface area contributed by atoms with Crippen LogP contribution in [-0.2, 0) is 9.53 Å². The number of amides is 1. The minimum Gasteiger partial charge on any atom is -0.442 e. The third-order valence-corrected chi connectivity index (χ3v) is 7.46. The van der Waals surface area contributed by atoms with Crippen molar-refractivity contribution >= 4 is 11.7 Å². The van der Waals surface area contributed by atoms with Crippen LogP contribution in [0.1, 0.15) is 73.9 Å². The zero-order valence-electron chi connectivity index (χ0n) is 20.2. The zero-order chi connectivity index (χ0) is 25.0. The topological polar surface area (TPSA) is 110 Å². The van der Waals surface area contributed by atoms with E-state index in [1.54, 1.807) is 18.3 Å². The number of aromatic nitrogens is 3. The molecule has 2 aromatic heterocycles. The Balaban J connectivity index is 1.21. The Labute approximate surface area is 209 Å². The van der Waals surface area contributed by atoms with Gasteiger partial charge in [-0.2, -0.15) is 0 Å². The molecule has 1 amide bonds. The van der Waals surface area contributed by atoms with Gasteiger partial charge in [-0.1, -0.05) is 12.8 Å². The number of Topliss-reactive ketones (excluding diaryl/α,β-unsaturated/α-hetero) is 1. The fourth-order valence-corrected chi connectivity index (χ4v) is 5.17. The molecular formula is C27H31FN4O4. The number of imidazole rings is 1. The molecule has 1 aromatic carbocycles. The second-order valence-corrected chi connectivity index (χ2v) is 9.84. The summed E-state index contributed by atoms with van der Waals surface area (Å²) in [6, 6.07) is 5.95. The van der Waals surface area contributed by atoms with Crippen molar-refractivity contribution in [3.8, 4) is 11.3 Å². The smallest absolute Gasteiger partial charge is 0.263 e. The molecule has 2 atom stereocenters. The first-order chi connectivity index (χ1) is 17.5. The lowest BCUT2D eigenvalue weighted by Crippen LogP contribution is -2.33. The number of carbonyl (C=O) groups excluding carboxylic acids is 2. The van der Waals surface area contributed by atoms with Crippen molar-refractivity contribution in [2.24, 2.45) is 11.3 Å². The summed E-state index contributed by atoms with van der Waals surface area (Å²) in [6.07, 6.45) is 10.8. The van der Waals surface area contributed by atoms with Gasteiger partial charge in [-0.3, -0.25) is 9.59 Å². The molecule has 3 aromatic rings. The van der Waals surface area contributed by atoms with Gasteiger partial charge >= 0.3 is 0 Å². The number of carbonyl (C=O) groups is 2. The summed E-state index contributed by atoms with van der Waals surface area (Å²) >= 11 is 0. The Morgan fingerprint density at radius 1 is 1.14 bits per heavy atom. The van der Waals surface area contributed by atoms with E-state index in [0.717, 1.165) is 56.6 Å². The van der Waals surface area contributed by atoms with Crippen LogP contribution in [0.3, 0.4) is 0 Å². The number of nitrogens with one attached hydrogen (secondary N) is 2. The van der Waals surface area contributed by atoms with E-state index in [4.69, 9.17) is 9.15 Å². The van der Waals surface area contributed by atoms with Crippen molar-refractivity contribution < 1.29 is 23.1 Å². The summed E-state index contributed by atoms with van der Waals surface area (Å²) in [6.45, 7) is 1.44. The van der Waals surface area contributed by atoms with Crippen molar-refractivity contribution in [3.63, 3.8) is 0 Å². The lowest BCUT2D eigenvalue weighted by atomic mass is 9.93. The quantitative estimate of drug-likeness (QED) is 0.286. The molecule has 190 valence electrons. The van der Waals surface area contributed by atoms with Crippen LogP contribution in [0.15, 0.2) is 47.3 Å². The van der Waals surface area contributed by atoms with E-state index in [-0.39, 0.29) is 40.8 Å². The molecule has 2 fully saturated rings. The highest BCUT2D eigenvalue weighted by Crippen LogP contribution is 2.59. The molecule has 1 spiro atoms. The van der Waals surface area contributed by atoms with Gasteiger partial charge in [-0.05, 0) is 67.3 Å². The maximum Gasteiger partial charge on any atom is 0.263 e. The highest BCUT2D eigenvalue weighted by molar-refractivity contribution is 5.91. The molecule has 2 N–H and O–H groups in total. The number of oxazole rings is 1. The number of ether oxygens (including phenoxy) is 1. The summed E-state index contributed by atoms with van der Waals surface area (Å²) in [5.74, 6) is 0.525. The van der Waals surface area contributed by atoms with Crippen molar-refractivity contribution in [1.82, 2.24) is 20.3 Å². The summed E-state index contributed by atoms with van der Waals surface area (Å²) in [4.78, 5) is 37.1. The third-order valence-electron chi connectivity index (χ3n) is 7.46. The van der Waals surface area contributed by atoms with Crippen molar-refractivity contribution in [3.05, 3.63) is 60.5 Å². The van der Waals surface area contributed by atoms with Crippen LogP contribution in [0.4, 0.5) is 4.39 Å². The maximum atomic E-state index is 13.3. The monoisotopic (exact) mass is 494 g/mol. The Bertz CT molecular complexity index is 1170. The van der Waals surface area contributed by atoms with E-state index in [0.29, 0.717) is 25.1 Å². The van der Waals surface area contributed by atoms with Gasteiger partial charge in [0, 0.05) is 25.6 Å². The van der Waals surface area contributed by atoms with Crippen LogP contribution in [0.5, 0.6) is 0 Å². The van der Waals surface area contributed by atoms with E-state index >= 15 is 0 Å². The maximum absolute atomic E-state index is 13.3. The fraction of sp³-hybridized carbons (Fsp3) is 0.481. The number of nitrogens with zero attached hydrogens (tertiary/aromatic N) is 2. The SMILES string of the molecule is O=C(CCCCC[C@H](NC(=O)[C@H]1CC12CCOCC2)c1ncc(-c2ccc(F)cc2)[nH]1)c1ncco1. The molecule has 36 heavy (non-hydrogen) atoms. The number of ketones is 1. The summed E-state index contributed by atoms with van der Waals surface area (Å²) < 4.78 is 23.9. The van der Waals surface area contributed by atoms with E-state index in [1.165, 1.54) is 24.6 Å². The second-order valence-electron chi connectivity index (χ2n) is 9.84. The van der Waals surface area contributed by atoms with Crippen molar-refractivity contribution in [2.75, 3.05) is 13.2 Å². The van der Waals surface area contributed by atoms with Gasteiger partial charge < -0.3 is 19.5 Å². The van der Waals surface area contributed by atoms with E-state index in [2.05, 4.69) is 20.3 Å². The highest BCUT2D eigenvalue weighted by atomic mass is 19.1. The van der Waals surface area contributed by atoms with Gasteiger partial charge in [0.25, 0.3) is 5.89 Å². The summed E-state index contributed by atoms with van der Waals surface area (Å²) in [5.41, 5.74) is 1.69. The molecule has 1 aliphatic carbocycles. The number of halogens is 1. The largest absolute Gasteiger partial charge is 0.442 e. The van der Waals surface area contributed by atoms with E-state index in [1.807, 2.05) is 0 Å². The first-order valence-corrected chi connectivity index (χ1v) is 12.7. The number of H-pyrrole nitrogens is 1. The predicted octanol–water partition coefficient (Wildman–Crippen LogP) is 5.01. The van der Waals surface area contributed by atoms with Crippen LogP contribution >= 0.6 is 0 Å². The average Bonchev–Trinajstić information content (AvgIpc) is 3.29. The van der Waals surface area contributed by atoms with Crippen LogP contribution in [-0.4, -0.2) is 39.9 Å². The van der Waals surface area contributed by atoms with Crippen molar-refractivity contribution in [2.45, 2.75) is 57.4 Å². The lowest BCUT2D eigenvalue weighted by molar-refractivity contribution is -0.124. The average molecular weight is 495 g/mol. The molecule has 1 aliphatic heterocycles. The minimum atomic E-state index is -0.295. The normalized spacial score (nSPS) is 19.2. The molecule has 3 heterocycles. The van der Waals surface area contributed by atoms with E-state index in [9.17, 15) is 14.0 Å². The first-order valence-electron chi connectivity index (χ1n) is 12.7. The Kier molecular flexibility index (Phi) is 7.27. The molecule has 0 unspecified atom stereocenters. The molecule has 0 bridgehead atoms. The molecule has 0 radical (unpaired) electrons. The molecule has 5 rings (SSSR count). The molecule has 1 saturated carbocycles. The lowest BCUT2D eigenvalue weighted by Gasteiger charge is -2.23. The number of benzene rings is 1. The number of rotatable bonds is 11. The molecule has 9 heteroatoms. The molecular weight excluding hydrogens is 463 g/mol. The minimum absolute atomic E-state index is 0.0221. The molecule has 8 nitrogen and oxygen atoms in total. The Morgan fingerprint density at radius 3 is 2.69 bits per heavy atom. The van der Waals surface area contributed by atoms with E-state index < -0.39 is 0 Å². The number of hydrogen-bond donors (Lipinski definition) is 2. The van der Waals surface area contributed by atoms with Gasteiger partial charge in [0.15, 0.2) is 0 Å². The molecule has 1 saturated heterocycles. The fourth-order valence-electron chi connectivity index (χ4n) is 5.17.